The first-order chi connectivity index (χ1) is 10.9. The lowest BCUT2D eigenvalue weighted by atomic mass is 10.1. The lowest BCUT2D eigenvalue weighted by molar-refractivity contribution is -0.129. The molecule has 1 aromatic rings. The van der Waals surface area contributed by atoms with Crippen LogP contribution in [0.2, 0.25) is 0 Å². The average molecular weight is 340 g/mol. The van der Waals surface area contributed by atoms with E-state index in [9.17, 15) is 13.2 Å². The number of esters is 1. The van der Waals surface area contributed by atoms with Crippen LogP contribution in [-0.2, 0) is 14.9 Å². The van der Waals surface area contributed by atoms with Gasteiger partial charge in [0.25, 0.3) is 10.1 Å². The molecule has 0 unspecified atom stereocenters. The van der Waals surface area contributed by atoms with Gasteiger partial charge in [0.1, 0.15) is 5.75 Å². The van der Waals surface area contributed by atoms with E-state index >= 15 is 0 Å². The van der Waals surface area contributed by atoms with Gasteiger partial charge in [0.15, 0.2) is 0 Å². The second-order valence-electron chi connectivity index (χ2n) is 5.33. The molecule has 0 saturated carbocycles. The first-order valence-corrected chi connectivity index (χ1v) is 9.33. The molecule has 0 amide bonds. The van der Waals surface area contributed by atoms with Gasteiger partial charge in [0, 0.05) is 6.08 Å². The number of unbranched alkanes of at least 4 members (excludes halogenated alkanes) is 6. The summed E-state index contributed by atoms with van der Waals surface area (Å²) in [5, 5.41) is 0. The molecular formula is C17H24O5S. The van der Waals surface area contributed by atoms with Crippen molar-refractivity contribution in [3.05, 3.63) is 36.4 Å². The minimum absolute atomic E-state index is 0.228. The van der Waals surface area contributed by atoms with Gasteiger partial charge in [-0.3, -0.25) is 4.55 Å². The van der Waals surface area contributed by atoms with Gasteiger partial charge in [0.2, 0.25) is 0 Å². The number of carbonyl (C=O) groups is 1. The molecule has 1 aromatic carbocycles. The van der Waals surface area contributed by atoms with Gasteiger partial charge in [0.05, 0.1) is 4.90 Å². The van der Waals surface area contributed by atoms with Crippen LogP contribution in [-0.4, -0.2) is 18.9 Å². The van der Waals surface area contributed by atoms with Crippen LogP contribution in [0.1, 0.15) is 51.9 Å². The summed E-state index contributed by atoms with van der Waals surface area (Å²) in [5.74, 6) is -0.276. The Bertz CT molecular complexity index is 602. The Balaban J connectivity index is 2.29. The van der Waals surface area contributed by atoms with Crippen molar-refractivity contribution in [2.45, 2.75) is 56.8 Å². The average Bonchev–Trinajstić information content (AvgIpc) is 2.49. The van der Waals surface area contributed by atoms with E-state index < -0.39 is 16.1 Å². The largest absolute Gasteiger partial charge is 0.423 e. The number of ether oxygens (including phenoxy) is 1. The molecule has 0 atom stereocenters. The highest BCUT2D eigenvalue weighted by Gasteiger charge is 2.09. The number of benzene rings is 1. The van der Waals surface area contributed by atoms with E-state index in [1.165, 1.54) is 56.0 Å². The molecule has 1 rings (SSSR count). The molecule has 23 heavy (non-hydrogen) atoms. The van der Waals surface area contributed by atoms with E-state index in [2.05, 4.69) is 6.92 Å². The van der Waals surface area contributed by atoms with Crippen molar-refractivity contribution in [3.8, 4) is 5.75 Å². The van der Waals surface area contributed by atoms with Gasteiger partial charge >= 0.3 is 5.97 Å². The van der Waals surface area contributed by atoms with Gasteiger partial charge in [-0.15, -0.1) is 0 Å². The second-order valence-corrected chi connectivity index (χ2v) is 6.75. The lowest BCUT2D eigenvalue weighted by Crippen LogP contribution is -2.04. The maximum absolute atomic E-state index is 11.6. The van der Waals surface area contributed by atoms with Gasteiger partial charge in [-0.25, -0.2) is 4.79 Å². The molecule has 0 aliphatic carbocycles. The third-order valence-corrected chi connectivity index (χ3v) is 4.19. The standard InChI is InChI=1S/C17H24O5S/c1-2-3-4-5-6-7-8-9-10-17(18)22-15-11-13-16(14-12-15)23(19,20)21/h9-14H,2-8H2,1H3,(H,19,20,21). The summed E-state index contributed by atoms with van der Waals surface area (Å²) in [7, 11) is -4.23. The number of rotatable bonds is 10. The Morgan fingerprint density at radius 1 is 1.09 bits per heavy atom. The molecule has 6 heteroatoms. The fraction of sp³-hybridized carbons (Fsp3) is 0.471. The van der Waals surface area contributed by atoms with Crippen LogP contribution >= 0.6 is 0 Å². The van der Waals surface area contributed by atoms with Crippen LogP contribution < -0.4 is 4.74 Å². The Morgan fingerprint density at radius 2 is 1.70 bits per heavy atom. The first-order valence-electron chi connectivity index (χ1n) is 7.89. The van der Waals surface area contributed by atoms with Crippen molar-refractivity contribution in [1.29, 1.82) is 0 Å². The van der Waals surface area contributed by atoms with Gasteiger partial charge < -0.3 is 4.74 Å². The fourth-order valence-electron chi connectivity index (χ4n) is 2.05. The fourth-order valence-corrected chi connectivity index (χ4v) is 2.53. The van der Waals surface area contributed by atoms with Crippen molar-refractivity contribution < 1.29 is 22.5 Å². The lowest BCUT2D eigenvalue weighted by Gasteiger charge is -2.02. The summed E-state index contributed by atoms with van der Waals surface area (Å²) in [6, 6.07) is 5.00. The monoisotopic (exact) mass is 340 g/mol. The Morgan fingerprint density at radius 3 is 2.30 bits per heavy atom. The Kier molecular flexibility index (Phi) is 8.58. The van der Waals surface area contributed by atoms with Crippen molar-refractivity contribution in [2.24, 2.45) is 0 Å². The molecule has 0 fully saturated rings. The van der Waals surface area contributed by atoms with E-state index in [4.69, 9.17) is 9.29 Å². The molecule has 0 radical (unpaired) electrons. The smallest absolute Gasteiger partial charge is 0.335 e. The van der Waals surface area contributed by atoms with Crippen LogP contribution in [0.25, 0.3) is 0 Å². The number of carbonyl (C=O) groups excluding carboxylic acids is 1. The third-order valence-electron chi connectivity index (χ3n) is 3.32. The summed E-state index contributed by atoms with van der Waals surface area (Å²) in [5.41, 5.74) is 0. The number of hydrogen-bond acceptors (Lipinski definition) is 4. The molecule has 0 bridgehead atoms. The van der Waals surface area contributed by atoms with Gasteiger partial charge in [-0.05, 0) is 37.1 Å². The number of allylic oxidation sites excluding steroid dienone is 1. The highest BCUT2D eigenvalue weighted by Crippen LogP contribution is 2.16. The van der Waals surface area contributed by atoms with Crippen molar-refractivity contribution in [3.63, 3.8) is 0 Å². The van der Waals surface area contributed by atoms with Crippen molar-refractivity contribution in [2.75, 3.05) is 0 Å². The Labute approximate surface area is 138 Å². The predicted octanol–water partition coefficient (Wildman–Crippen LogP) is 4.15. The molecule has 0 saturated heterocycles. The Hall–Kier alpha value is -1.66. The van der Waals surface area contributed by atoms with Gasteiger partial charge in [-0.2, -0.15) is 8.42 Å². The van der Waals surface area contributed by atoms with Crippen LogP contribution in [0.3, 0.4) is 0 Å². The summed E-state index contributed by atoms with van der Waals surface area (Å²) in [4.78, 5) is 11.4. The second kappa shape index (κ2) is 10.2. The summed E-state index contributed by atoms with van der Waals surface area (Å²) in [6.45, 7) is 2.19. The number of hydrogen-bond donors (Lipinski definition) is 1. The van der Waals surface area contributed by atoms with E-state index in [0.717, 1.165) is 19.3 Å². The zero-order valence-electron chi connectivity index (χ0n) is 13.4. The molecule has 5 nitrogen and oxygen atoms in total. The topological polar surface area (TPSA) is 80.7 Å². The molecule has 0 heterocycles. The summed E-state index contributed by atoms with van der Waals surface area (Å²) >= 11 is 0. The van der Waals surface area contributed by atoms with Crippen LogP contribution in [0, 0.1) is 0 Å². The molecule has 0 spiro atoms. The van der Waals surface area contributed by atoms with Gasteiger partial charge in [-0.1, -0.05) is 45.1 Å². The highest BCUT2D eigenvalue weighted by molar-refractivity contribution is 7.85. The minimum atomic E-state index is -4.23. The maximum Gasteiger partial charge on any atom is 0.335 e. The molecule has 128 valence electrons. The van der Waals surface area contributed by atoms with E-state index in [1.54, 1.807) is 6.08 Å². The third kappa shape index (κ3) is 8.52. The van der Waals surface area contributed by atoms with E-state index in [1.807, 2.05) is 0 Å². The summed E-state index contributed by atoms with van der Waals surface area (Å²) < 4.78 is 35.7. The van der Waals surface area contributed by atoms with E-state index in [-0.39, 0.29) is 10.6 Å². The van der Waals surface area contributed by atoms with Crippen LogP contribution in [0.5, 0.6) is 5.75 Å². The molecular weight excluding hydrogens is 316 g/mol. The predicted molar refractivity (Wildman–Crippen MR) is 89.0 cm³/mol. The van der Waals surface area contributed by atoms with Crippen molar-refractivity contribution >= 4 is 16.1 Å². The molecule has 0 aliphatic heterocycles. The van der Waals surface area contributed by atoms with Crippen LogP contribution in [0.4, 0.5) is 0 Å². The highest BCUT2D eigenvalue weighted by atomic mass is 32.2. The maximum atomic E-state index is 11.6. The first kappa shape index (κ1) is 19.4. The molecule has 1 N–H and O–H groups in total. The SMILES string of the molecule is CCCCCCCCC=CC(=O)Oc1ccc(S(=O)(=O)O)cc1. The molecule has 0 aliphatic rings. The minimum Gasteiger partial charge on any atom is -0.423 e. The van der Waals surface area contributed by atoms with E-state index in [0.29, 0.717) is 0 Å². The van der Waals surface area contributed by atoms with Crippen molar-refractivity contribution in [1.82, 2.24) is 0 Å². The van der Waals surface area contributed by atoms with Crippen LogP contribution in [0.15, 0.2) is 41.3 Å². The summed E-state index contributed by atoms with van der Waals surface area (Å²) in [6.07, 6.45) is 11.2. The zero-order valence-corrected chi connectivity index (χ0v) is 14.2. The zero-order chi connectivity index (χ0) is 17.1. The molecule has 0 aromatic heterocycles. The normalized spacial score (nSPS) is 11.7. The quantitative estimate of drug-likeness (QED) is 0.227.